The number of ether oxygens (including phenoxy) is 1. The fourth-order valence-electron chi connectivity index (χ4n) is 1.00. The molecule has 0 atom stereocenters. The van der Waals surface area contributed by atoms with Crippen LogP contribution in [0, 0.1) is 3.70 Å². The second kappa shape index (κ2) is 4.68. The van der Waals surface area contributed by atoms with Gasteiger partial charge in [0.1, 0.15) is 15.1 Å². The molecule has 0 saturated carbocycles. The fraction of sp³-hybridized carbons (Fsp3) is 0.375. The molecule has 0 bridgehead atoms. The van der Waals surface area contributed by atoms with Crippen LogP contribution in [0.5, 0.6) is 5.75 Å². The largest absolute Gasteiger partial charge is 0.495 e. The van der Waals surface area contributed by atoms with Crippen molar-refractivity contribution < 1.29 is 26.7 Å². The number of hydrogen-bond donors (Lipinski definition) is 0. The van der Waals surface area contributed by atoms with E-state index in [2.05, 4.69) is 9.72 Å². The molecule has 1 aromatic heterocycles. The summed E-state index contributed by atoms with van der Waals surface area (Å²) in [6.07, 6.45) is -7.62. The molecule has 2 nitrogen and oxygen atoms in total. The first-order chi connectivity index (χ1) is 7.27. The molecule has 1 rings (SSSR count). The molecular formula is C8H5F5INO. The first-order valence-corrected chi connectivity index (χ1v) is 4.95. The van der Waals surface area contributed by atoms with Gasteiger partial charge in [-0.05, 0) is 28.7 Å². The molecule has 0 aliphatic heterocycles. The molecule has 0 amide bonds. The van der Waals surface area contributed by atoms with Crippen LogP contribution in [0.4, 0.5) is 22.0 Å². The Hall–Kier alpha value is -0.670. The average molecular weight is 353 g/mol. The number of rotatable bonds is 2. The van der Waals surface area contributed by atoms with Crippen LogP contribution in [0.15, 0.2) is 6.07 Å². The second-order valence-electron chi connectivity index (χ2n) is 2.71. The summed E-state index contributed by atoms with van der Waals surface area (Å²) in [5.41, 5.74) is -1.88. The van der Waals surface area contributed by atoms with Gasteiger partial charge in [-0.25, -0.2) is 13.8 Å². The number of methoxy groups -OCH3 is 1. The third-order valence-electron chi connectivity index (χ3n) is 1.70. The molecule has 16 heavy (non-hydrogen) atoms. The SMILES string of the molecule is COc1cc(C(F)(F)F)c(I)nc1C(F)F. The summed E-state index contributed by atoms with van der Waals surface area (Å²) in [5, 5.41) is 0. The molecule has 0 aromatic carbocycles. The lowest BCUT2D eigenvalue weighted by Crippen LogP contribution is -2.11. The molecule has 1 heterocycles. The predicted molar refractivity (Wildman–Crippen MR) is 53.5 cm³/mol. The van der Waals surface area contributed by atoms with Gasteiger partial charge in [0, 0.05) is 0 Å². The molecule has 8 heteroatoms. The van der Waals surface area contributed by atoms with Crippen molar-refractivity contribution in [2.24, 2.45) is 0 Å². The van der Waals surface area contributed by atoms with Crippen molar-refractivity contribution in [2.75, 3.05) is 7.11 Å². The van der Waals surface area contributed by atoms with Crippen molar-refractivity contribution >= 4 is 22.6 Å². The van der Waals surface area contributed by atoms with E-state index in [-0.39, 0.29) is 0 Å². The molecule has 0 aliphatic carbocycles. The van der Waals surface area contributed by atoms with E-state index in [9.17, 15) is 22.0 Å². The maximum absolute atomic E-state index is 12.4. The van der Waals surface area contributed by atoms with Crippen LogP contribution in [0.2, 0.25) is 0 Å². The summed E-state index contributed by atoms with van der Waals surface area (Å²) in [6.45, 7) is 0. The van der Waals surface area contributed by atoms with E-state index in [0.717, 1.165) is 7.11 Å². The number of pyridine rings is 1. The molecule has 0 fully saturated rings. The van der Waals surface area contributed by atoms with Gasteiger partial charge in [0.25, 0.3) is 6.43 Å². The minimum atomic E-state index is -4.64. The van der Waals surface area contributed by atoms with Gasteiger partial charge in [0.2, 0.25) is 0 Å². The van der Waals surface area contributed by atoms with Crippen LogP contribution in [0.25, 0.3) is 0 Å². The quantitative estimate of drug-likeness (QED) is 0.460. The van der Waals surface area contributed by atoms with Gasteiger partial charge in [-0.1, -0.05) is 0 Å². The van der Waals surface area contributed by atoms with Gasteiger partial charge >= 0.3 is 6.18 Å². The fourth-order valence-corrected chi connectivity index (χ4v) is 1.73. The Balaban J connectivity index is 3.37. The topological polar surface area (TPSA) is 22.1 Å². The summed E-state index contributed by atoms with van der Waals surface area (Å²) in [6, 6.07) is 0.524. The highest BCUT2D eigenvalue weighted by Gasteiger charge is 2.35. The Kier molecular flexibility index (Phi) is 3.92. The number of halogens is 6. The van der Waals surface area contributed by atoms with E-state index in [1.807, 2.05) is 0 Å². The number of nitrogens with zero attached hydrogens (tertiary/aromatic N) is 1. The Bertz CT molecular complexity index is 393. The van der Waals surface area contributed by atoms with E-state index in [1.54, 1.807) is 0 Å². The predicted octanol–water partition coefficient (Wildman–Crippen LogP) is 3.65. The zero-order chi connectivity index (χ0) is 12.5. The molecule has 0 spiro atoms. The highest BCUT2D eigenvalue weighted by molar-refractivity contribution is 14.1. The lowest BCUT2D eigenvalue weighted by atomic mass is 10.2. The highest BCUT2D eigenvalue weighted by Crippen LogP contribution is 2.37. The van der Waals surface area contributed by atoms with Crippen LogP contribution in [0.1, 0.15) is 17.7 Å². The third-order valence-corrected chi connectivity index (χ3v) is 2.52. The summed E-state index contributed by atoms with van der Waals surface area (Å²) >= 11 is 1.26. The normalized spacial score (nSPS) is 12.0. The number of aromatic nitrogens is 1. The van der Waals surface area contributed by atoms with Crippen LogP contribution in [-0.2, 0) is 6.18 Å². The van der Waals surface area contributed by atoms with E-state index >= 15 is 0 Å². The van der Waals surface area contributed by atoms with Crippen molar-refractivity contribution in [2.45, 2.75) is 12.6 Å². The molecule has 0 saturated heterocycles. The third kappa shape index (κ3) is 2.71. The standard InChI is InChI=1S/C8H5F5INO/c1-16-4-2-3(8(11,12)13)7(14)15-5(4)6(9)10/h2,6H,1H3. The number of alkyl halides is 5. The summed E-state index contributed by atoms with van der Waals surface area (Å²) in [7, 11) is 1.01. The van der Waals surface area contributed by atoms with E-state index in [4.69, 9.17) is 0 Å². The number of hydrogen-bond acceptors (Lipinski definition) is 2. The molecule has 1 aromatic rings. The summed E-state index contributed by atoms with van der Waals surface area (Å²) < 4.78 is 65.9. The molecule has 0 aliphatic rings. The van der Waals surface area contributed by atoms with Crippen molar-refractivity contribution in [3.63, 3.8) is 0 Å². The minimum absolute atomic E-state index is 0.524. The summed E-state index contributed by atoms with van der Waals surface area (Å²) in [5.74, 6) is -0.567. The molecule has 0 N–H and O–H groups in total. The molecule has 0 radical (unpaired) electrons. The van der Waals surface area contributed by atoms with Gasteiger partial charge in [0.05, 0.1) is 12.7 Å². The van der Waals surface area contributed by atoms with Gasteiger partial charge in [-0.15, -0.1) is 0 Å². The average Bonchev–Trinajstić information content (AvgIpc) is 2.15. The molecular weight excluding hydrogens is 348 g/mol. The van der Waals surface area contributed by atoms with Crippen LogP contribution < -0.4 is 4.74 Å². The second-order valence-corrected chi connectivity index (χ2v) is 3.73. The van der Waals surface area contributed by atoms with E-state index in [1.165, 1.54) is 22.6 Å². The van der Waals surface area contributed by atoms with Crippen LogP contribution in [0.3, 0.4) is 0 Å². The van der Waals surface area contributed by atoms with Gasteiger partial charge in [0.15, 0.2) is 0 Å². The zero-order valence-electron chi connectivity index (χ0n) is 7.78. The van der Waals surface area contributed by atoms with Crippen molar-refractivity contribution in [1.82, 2.24) is 4.98 Å². The van der Waals surface area contributed by atoms with E-state index < -0.39 is 33.3 Å². The van der Waals surface area contributed by atoms with E-state index in [0.29, 0.717) is 6.07 Å². The van der Waals surface area contributed by atoms with Gasteiger partial charge in [-0.3, -0.25) is 0 Å². The zero-order valence-corrected chi connectivity index (χ0v) is 9.94. The smallest absolute Gasteiger partial charge is 0.419 e. The van der Waals surface area contributed by atoms with Crippen LogP contribution in [-0.4, -0.2) is 12.1 Å². The Labute approximate surface area is 101 Å². The maximum Gasteiger partial charge on any atom is 0.419 e. The maximum atomic E-state index is 12.4. The van der Waals surface area contributed by atoms with Gasteiger partial charge in [-0.2, -0.15) is 13.2 Å². The first-order valence-electron chi connectivity index (χ1n) is 3.87. The first kappa shape index (κ1) is 13.4. The Morgan fingerprint density at radius 2 is 1.94 bits per heavy atom. The van der Waals surface area contributed by atoms with Crippen molar-refractivity contribution in [3.05, 3.63) is 21.0 Å². The van der Waals surface area contributed by atoms with Crippen molar-refractivity contribution in [3.8, 4) is 5.75 Å². The lowest BCUT2D eigenvalue weighted by molar-refractivity contribution is -0.138. The van der Waals surface area contributed by atoms with Crippen molar-refractivity contribution in [1.29, 1.82) is 0 Å². The molecule has 0 unspecified atom stereocenters. The Morgan fingerprint density at radius 3 is 2.31 bits per heavy atom. The van der Waals surface area contributed by atoms with Gasteiger partial charge < -0.3 is 4.74 Å². The minimum Gasteiger partial charge on any atom is -0.495 e. The Morgan fingerprint density at radius 1 is 1.38 bits per heavy atom. The summed E-state index contributed by atoms with van der Waals surface area (Å²) in [4.78, 5) is 3.20. The highest BCUT2D eigenvalue weighted by atomic mass is 127. The van der Waals surface area contributed by atoms with Crippen LogP contribution >= 0.6 is 22.6 Å². The lowest BCUT2D eigenvalue weighted by Gasteiger charge is -2.13. The molecule has 90 valence electrons. The monoisotopic (exact) mass is 353 g/mol.